The van der Waals surface area contributed by atoms with E-state index < -0.39 is 26.2 Å². The Morgan fingerprint density at radius 3 is 2.62 bits per heavy atom. The van der Waals surface area contributed by atoms with Gasteiger partial charge in [-0.05, 0) is 25.5 Å². The zero-order chi connectivity index (χ0) is 15.8. The van der Waals surface area contributed by atoms with E-state index in [0.717, 1.165) is 6.07 Å². The van der Waals surface area contributed by atoms with Crippen LogP contribution in [0.1, 0.15) is 23.7 Å². The lowest BCUT2D eigenvalue weighted by molar-refractivity contribution is -0.384. The van der Waals surface area contributed by atoms with Gasteiger partial charge in [0.05, 0.1) is 22.0 Å². The fraction of sp³-hybridized carbons (Fsp3) is 0.417. The van der Waals surface area contributed by atoms with Crippen LogP contribution in [0.2, 0.25) is 5.02 Å². The minimum absolute atomic E-state index is 0.0325. The van der Waals surface area contributed by atoms with E-state index in [1.165, 1.54) is 12.1 Å². The molecule has 1 heterocycles. The monoisotopic (exact) mass is 332 g/mol. The fourth-order valence-electron chi connectivity index (χ4n) is 2.25. The van der Waals surface area contributed by atoms with Gasteiger partial charge in [0.15, 0.2) is 9.84 Å². The van der Waals surface area contributed by atoms with E-state index in [9.17, 15) is 23.3 Å². The summed E-state index contributed by atoms with van der Waals surface area (Å²) in [7, 11) is -3.14. The average Bonchev–Trinajstić information content (AvgIpc) is 2.62. The number of nitrogens with one attached hydrogen (secondary N) is 1. The third-order valence-electron chi connectivity index (χ3n) is 3.33. The Morgan fingerprint density at radius 2 is 2.14 bits per heavy atom. The molecular formula is C12H13ClN2O5S. The fourth-order valence-corrected chi connectivity index (χ4v) is 4.59. The Hall–Kier alpha value is -1.67. The number of hydrogen-bond acceptors (Lipinski definition) is 5. The van der Waals surface area contributed by atoms with Crippen molar-refractivity contribution in [1.29, 1.82) is 0 Å². The Bertz CT molecular complexity index is 718. The highest BCUT2D eigenvalue weighted by Gasteiger charge is 2.39. The van der Waals surface area contributed by atoms with E-state index >= 15 is 0 Å². The van der Waals surface area contributed by atoms with Gasteiger partial charge in [-0.1, -0.05) is 11.6 Å². The highest BCUT2D eigenvalue weighted by molar-refractivity contribution is 7.91. The van der Waals surface area contributed by atoms with Crippen molar-refractivity contribution < 1.29 is 18.1 Å². The molecule has 1 aromatic carbocycles. The van der Waals surface area contributed by atoms with Crippen LogP contribution in [0.15, 0.2) is 18.2 Å². The summed E-state index contributed by atoms with van der Waals surface area (Å²) in [6.45, 7) is 1.66. The maximum Gasteiger partial charge on any atom is 0.287 e. The quantitative estimate of drug-likeness (QED) is 0.667. The highest BCUT2D eigenvalue weighted by atomic mass is 35.5. The maximum absolute atomic E-state index is 12.1. The number of nitrogens with zero attached hydrogens (tertiary/aromatic N) is 1. The first-order valence-corrected chi connectivity index (χ1v) is 8.29. The van der Waals surface area contributed by atoms with Gasteiger partial charge in [-0.3, -0.25) is 14.9 Å². The van der Waals surface area contributed by atoms with Crippen molar-refractivity contribution in [3.8, 4) is 0 Å². The smallest absolute Gasteiger partial charge is 0.287 e. The van der Waals surface area contributed by atoms with Gasteiger partial charge in [0.2, 0.25) is 0 Å². The number of rotatable bonds is 3. The standard InChI is InChI=1S/C12H13ClN2O5S/c1-12(4-5-21(19,20)7-12)14-11(16)8-2-3-10(15(17)18)9(13)6-8/h2-3,6H,4-5,7H2,1H3,(H,14,16). The second-order valence-corrected chi connectivity index (χ2v) is 7.87. The molecule has 7 nitrogen and oxygen atoms in total. The Kier molecular flexibility index (Phi) is 3.94. The summed E-state index contributed by atoms with van der Waals surface area (Å²) in [4.78, 5) is 22.1. The van der Waals surface area contributed by atoms with Crippen molar-refractivity contribution in [2.24, 2.45) is 0 Å². The Balaban J connectivity index is 2.18. The van der Waals surface area contributed by atoms with E-state index in [0.29, 0.717) is 6.42 Å². The lowest BCUT2D eigenvalue weighted by Gasteiger charge is -2.23. The van der Waals surface area contributed by atoms with Gasteiger partial charge in [-0.2, -0.15) is 0 Å². The van der Waals surface area contributed by atoms with Gasteiger partial charge in [-0.25, -0.2) is 8.42 Å². The van der Waals surface area contributed by atoms with E-state index in [2.05, 4.69) is 5.32 Å². The summed E-state index contributed by atoms with van der Waals surface area (Å²) in [6, 6.07) is 3.62. The molecule has 21 heavy (non-hydrogen) atoms. The zero-order valence-corrected chi connectivity index (χ0v) is 12.7. The molecule has 9 heteroatoms. The number of hydrogen-bond donors (Lipinski definition) is 1. The first-order valence-electron chi connectivity index (χ1n) is 6.09. The van der Waals surface area contributed by atoms with Crippen LogP contribution in [0.4, 0.5) is 5.69 Å². The third kappa shape index (κ3) is 3.51. The number of carbonyl (C=O) groups is 1. The van der Waals surface area contributed by atoms with E-state index in [-0.39, 0.29) is 27.8 Å². The van der Waals surface area contributed by atoms with Crippen LogP contribution in [0, 0.1) is 10.1 Å². The Morgan fingerprint density at radius 1 is 1.48 bits per heavy atom. The molecule has 1 unspecified atom stereocenters. The van der Waals surface area contributed by atoms with Crippen LogP contribution >= 0.6 is 11.6 Å². The van der Waals surface area contributed by atoms with Crippen molar-refractivity contribution in [1.82, 2.24) is 5.32 Å². The molecule has 1 fully saturated rings. The molecule has 1 aliphatic heterocycles. The molecule has 1 saturated heterocycles. The third-order valence-corrected chi connectivity index (χ3v) is 5.53. The van der Waals surface area contributed by atoms with Crippen molar-refractivity contribution in [3.05, 3.63) is 38.9 Å². The average molecular weight is 333 g/mol. The minimum atomic E-state index is -3.14. The largest absolute Gasteiger partial charge is 0.346 e. The summed E-state index contributed by atoms with van der Waals surface area (Å²) in [5.74, 6) is -0.594. The topological polar surface area (TPSA) is 106 Å². The predicted molar refractivity (Wildman–Crippen MR) is 77.2 cm³/mol. The first-order chi connectivity index (χ1) is 9.62. The van der Waals surface area contributed by atoms with E-state index in [1.54, 1.807) is 6.92 Å². The second kappa shape index (κ2) is 5.27. The molecule has 1 atom stereocenters. The number of carbonyl (C=O) groups excluding carboxylic acids is 1. The molecule has 0 aliphatic carbocycles. The molecular weight excluding hydrogens is 320 g/mol. The van der Waals surface area contributed by atoms with Crippen LogP contribution in [-0.2, 0) is 9.84 Å². The lowest BCUT2D eigenvalue weighted by atomic mass is 10.0. The number of sulfone groups is 1. The molecule has 0 radical (unpaired) electrons. The van der Waals surface area contributed by atoms with Crippen molar-refractivity contribution in [3.63, 3.8) is 0 Å². The summed E-state index contributed by atoms with van der Waals surface area (Å²) in [5.41, 5.74) is -0.969. The van der Waals surface area contributed by atoms with E-state index in [1.807, 2.05) is 0 Å². The lowest BCUT2D eigenvalue weighted by Crippen LogP contribution is -2.46. The molecule has 0 aromatic heterocycles. The van der Waals surface area contributed by atoms with Gasteiger partial charge >= 0.3 is 0 Å². The van der Waals surface area contributed by atoms with Gasteiger partial charge in [0.1, 0.15) is 5.02 Å². The number of halogens is 1. The highest BCUT2D eigenvalue weighted by Crippen LogP contribution is 2.26. The predicted octanol–water partition coefficient (Wildman–Crippen LogP) is 1.56. The number of nitro benzene ring substituents is 1. The summed E-state index contributed by atoms with van der Waals surface area (Å²) in [5, 5.41) is 13.2. The van der Waals surface area contributed by atoms with Gasteiger partial charge in [0.25, 0.3) is 11.6 Å². The van der Waals surface area contributed by atoms with Crippen LogP contribution in [-0.4, -0.2) is 36.3 Å². The molecule has 0 spiro atoms. The van der Waals surface area contributed by atoms with Crippen molar-refractivity contribution in [2.75, 3.05) is 11.5 Å². The Labute approximate surface area is 126 Å². The van der Waals surface area contributed by atoms with Crippen molar-refractivity contribution in [2.45, 2.75) is 18.9 Å². The summed E-state index contributed by atoms with van der Waals surface area (Å²) >= 11 is 5.75. The first kappa shape index (κ1) is 15.7. The molecule has 0 bridgehead atoms. The number of benzene rings is 1. The molecule has 0 saturated carbocycles. The number of nitro groups is 1. The summed E-state index contributed by atoms with van der Waals surface area (Å²) in [6.07, 6.45) is 0.335. The summed E-state index contributed by atoms with van der Waals surface area (Å²) < 4.78 is 23.0. The molecule has 1 N–H and O–H groups in total. The van der Waals surface area contributed by atoms with Gasteiger partial charge in [0, 0.05) is 11.6 Å². The van der Waals surface area contributed by atoms with Gasteiger partial charge < -0.3 is 5.32 Å². The molecule has 1 aliphatic rings. The normalized spacial score (nSPS) is 23.7. The molecule has 2 rings (SSSR count). The van der Waals surface area contributed by atoms with E-state index in [4.69, 9.17) is 11.6 Å². The zero-order valence-electron chi connectivity index (χ0n) is 11.1. The molecule has 1 aromatic rings. The minimum Gasteiger partial charge on any atom is -0.346 e. The number of amides is 1. The van der Waals surface area contributed by atoms with Gasteiger partial charge in [-0.15, -0.1) is 0 Å². The van der Waals surface area contributed by atoms with Crippen LogP contribution in [0.3, 0.4) is 0 Å². The molecule has 114 valence electrons. The van der Waals surface area contributed by atoms with Crippen LogP contribution < -0.4 is 5.32 Å². The maximum atomic E-state index is 12.1. The molecule has 1 amide bonds. The van der Waals surface area contributed by atoms with Crippen LogP contribution in [0.25, 0.3) is 0 Å². The van der Waals surface area contributed by atoms with Crippen LogP contribution in [0.5, 0.6) is 0 Å². The van der Waals surface area contributed by atoms with Crippen molar-refractivity contribution >= 4 is 33.0 Å². The SMILES string of the molecule is CC1(NC(=O)c2ccc([N+](=O)[O-])c(Cl)c2)CCS(=O)(=O)C1. The second-order valence-electron chi connectivity index (χ2n) is 5.28.